The second-order valence-electron chi connectivity index (χ2n) is 9.69. The summed E-state index contributed by atoms with van der Waals surface area (Å²) in [6.45, 7) is 6.93. The zero-order valence-corrected chi connectivity index (χ0v) is 19.2. The Morgan fingerprint density at radius 3 is 2.78 bits per heavy atom. The van der Waals surface area contributed by atoms with Gasteiger partial charge in [-0.15, -0.1) is 0 Å². The number of carbonyl (C=O) groups excluding carboxylic acids is 1. The Morgan fingerprint density at radius 2 is 2.00 bits per heavy atom. The molecule has 0 aromatic carbocycles. The van der Waals surface area contributed by atoms with Gasteiger partial charge in [0.05, 0.1) is 23.8 Å². The van der Waals surface area contributed by atoms with Crippen molar-refractivity contribution in [1.82, 2.24) is 29.5 Å². The number of aryl methyl sites for hydroxylation is 1. The third kappa shape index (κ3) is 3.89. The Bertz CT molecular complexity index is 1040. The van der Waals surface area contributed by atoms with Crippen molar-refractivity contribution in [1.29, 1.82) is 0 Å². The van der Waals surface area contributed by atoms with Crippen molar-refractivity contribution >= 4 is 5.91 Å². The fourth-order valence-electron chi connectivity index (χ4n) is 5.80. The van der Waals surface area contributed by atoms with Crippen LogP contribution in [0.3, 0.4) is 0 Å². The van der Waals surface area contributed by atoms with E-state index in [1.54, 1.807) is 21.8 Å². The van der Waals surface area contributed by atoms with Crippen LogP contribution in [0.1, 0.15) is 86.0 Å². The number of aromatic amines is 1. The lowest BCUT2D eigenvalue weighted by atomic mass is 9.86. The molecule has 0 radical (unpaired) electrons. The fraction of sp³-hybridized carbons (Fsp3) is 0.667. The number of likely N-dealkylation sites (tertiary alicyclic amines) is 1. The molecule has 2 aromatic rings. The lowest BCUT2D eigenvalue weighted by Crippen LogP contribution is -2.42. The summed E-state index contributed by atoms with van der Waals surface area (Å²) in [5, 5.41) is 4.20. The Kier molecular flexibility index (Phi) is 5.88. The molecular formula is C24H34N6O2. The Morgan fingerprint density at radius 1 is 1.19 bits per heavy atom. The molecular weight excluding hydrogens is 404 g/mol. The van der Waals surface area contributed by atoms with E-state index in [4.69, 9.17) is 4.98 Å². The Hall–Kier alpha value is -2.48. The maximum atomic E-state index is 13.1. The molecule has 1 saturated carbocycles. The average molecular weight is 439 g/mol. The van der Waals surface area contributed by atoms with Crippen LogP contribution in [0.15, 0.2) is 17.1 Å². The Labute approximate surface area is 189 Å². The van der Waals surface area contributed by atoms with E-state index in [9.17, 15) is 9.59 Å². The van der Waals surface area contributed by atoms with Crippen LogP contribution < -0.4 is 5.56 Å². The lowest BCUT2D eigenvalue weighted by molar-refractivity contribution is 0.0719. The molecule has 1 amide bonds. The molecule has 0 spiro atoms. The Balaban J connectivity index is 1.35. The molecule has 0 bridgehead atoms. The highest BCUT2D eigenvalue weighted by Gasteiger charge is 2.36. The zero-order chi connectivity index (χ0) is 22.2. The van der Waals surface area contributed by atoms with Gasteiger partial charge in [-0.05, 0) is 64.0 Å². The first-order valence-corrected chi connectivity index (χ1v) is 12.2. The van der Waals surface area contributed by atoms with Crippen molar-refractivity contribution in [2.75, 3.05) is 13.1 Å². The number of aromatic nitrogens is 4. The van der Waals surface area contributed by atoms with Crippen molar-refractivity contribution < 1.29 is 4.79 Å². The molecule has 1 N–H and O–H groups in total. The smallest absolute Gasteiger partial charge is 0.272 e. The van der Waals surface area contributed by atoms with Crippen LogP contribution in [0.4, 0.5) is 0 Å². The first-order valence-electron chi connectivity index (χ1n) is 12.2. The van der Waals surface area contributed by atoms with Gasteiger partial charge in [0.1, 0.15) is 11.5 Å². The molecule has 1 unspecified atom stereocenters. The van der Waals surface area contributed by atoms with Crippen molar-refractivity contribution in [3.63, 3.8) is 0 Å². The van der Waals surface area contributed by atoms with Gasteiger partial charge < -0.3 is 9.88 Å². The van der Waals surface area contributed by atoms with Gasteiger partial charge >= 0.3 is 0 Å². The predicted octanol–water partition coefficient (Wildman–Crippen LogP) is 2.90. The summed E-state index contributed by atoms with van der Waals surface area (Å²) in [4.78, 5) is 38.5. The molecule has 2 fully saturated rings. The minimum Gasteiger partial charge on any atom is -0.332 e. The molecule has 2 aromatic heterocycles. The van der Waals surface area contributed by atoms with Gasteiger partial charge in [0.15, 0.2) is 0 Å². The topological polar surface area (TPSA) is 87.1 Å². The van der Waals surface area contributed by atoms with Crippen LogP contribution in [0.25, 0.3) is 0 Å². The van der Waals surface area contributed by atoms with E-state index in [1.165, 1.54) is 25.7 Å². The third-order valence-corrected chi connectivity index (χ3v) is 7.67. The maximum absolute atomic E-state index is 13.1. The van der Waals surface area contributed by atoms with E-state index < -0.39 is 0 Å². The van der Waals surface area contributed by atoms with E-state index >= 15 is 0 Å². The quantitative estimate of drug-likeness (QED) is 0.793. The maximum Gasteiger partial charge on any atom is 0.272 e. The van der Waals surface area contributed by atoms with E-state index in [1.807, 2.05) is 6.92 Å². The van der Waals surface area contributed by atoms with E-state index in [0.717, 1.165) is 36.8 Å². The van der Waals surface area contributed by atoms with Crippen LogP contribution in [0.2, 0.25) is 0 Å². The number of H-pyrrole nitrogens is 1. The number of carbonyl (C=O) groups is 1. The molecule has 8 heteroatoms. The van der Waals surface area contributed by atoms with Gasteiger partial charge in [-0.3, -0.25) is 19.2 Å². The van der Waals surface area contributed by atoms with Crippen LogP contribution in [-0.2, 0) is 19.5 Å². The summed E-state index contributed by atoms with van der Waals surface area (Å²) in [5.41, 5.74) is 1.98. The van der Waals surface area contributed by atoms with Gasteiger partial charge in [0, 0.05) is 31.7 Å². The van der Waals surface area contributed by atoms with Gasteiger partial charge in [0.2, 0.25) is 0 Å². The van der Waals surface area contributed by atoms with Gasteiger partial charge in [-0.1, -0.05) is 6.92 Å². The fourth-order valence-corrected chi connectivity index (χ4v) is 5.80. The molecule has 4 heterocycles. The molecule has 1 atom stereocenters. The first kappa shape index (κ1) is 21.4. The number of hydrogen-bond acceptors (Lipinski definition) is 5. The second-order valence-corrected chi connectivity index (χ2v) is 9.69. The highest BCUT2D eigenvalue weighted by atomic mass is 16.2. The van der Waals surface area contributed by atoms with Crippen LogP contribution in [-0.4, -0.2) is 54.6 Å². The molecule has 2 aliphatic heterocycles. The minimum absolute atomic E-state index is 0.0769. The van der Waals surface area contributed by atoms with E-state index in [-0.39, 0.29) is 17.5 Å². The summed E-state index contributed by atoms with van der Waals surface area (Å²) < 4.78 is 1.70. The molecule has 3 aliphatic rings. The van der Waals surface area contributed by atoms with Crippen molar-refractivity contribution in [2.24, 2.45) is 5.92 Å². The van der Waals surface area contributed by atoms with Gasteiger partial charge in [-0.25, -0.2) is 4.98 Å². The van der Waals surface area contributed by atoms with Crippen LogP contribution in [0, 0.1) is 5.92 Å². The molecule has 1 saturated heterocycles. The minimum atomic E-state index is -0.0874. The summed E-state index contributed by atoms with van der Waals surface area (Å²) in [6.07, 6.45) is 9.56. The highest BCUT2D eigenvalue weighted by Crippen LogP contribution is 2.37. The molecule has 172 valence electrons. The summed E-state index contributed by atoms with van der Waals surface area (Å²) in [6, 6.07) is 2.56. The third-order valence-electron chi connectivity index (χ3n) is 7.67. The van der Waals surface area contributed by atoms with E-state index in [2.05, 4.69) is 21.9 Å². The van der Waals surface area contributed by atoms with Crippen molar-refractivity contribution in [2.45, 2.75) is 84.0 Å². The highest BCUT2D eigenvalue weighted by molar-refractivity contribution is 5.92. The normalized spacial score (nSPS) is 26.3. The monoisotopic (exact) mass is 438 g/mol. The average Bonchev–Trinajstić information content (AvgIpc) is 3.48. The largest absolute Gasteiger partial charge is 0.332 e. The number of amides is 1. The van der Waals surface area contributed by atoms with Gasteiger partial charge in [-0.2, -0.15) is 5.10 Å². The number of nitrogens with zero attached hydrogens (tertiary/aromatic N) is 5. The number of nitrogens with one attached hydrogen (secondary N) is 1. The van der Waals surface area contributed by atoms with Crippen molar-refractivity contribution in [3.8, 4) is 0 Å². The van der Waals surface area contributed by atoms with Crippen LogP contribution in [0.5, 0.6) is 0 Å². The lowest BCUT2D eigenvalue weighted by Gasteiger charge is -2.37. The molecule has 32 heavy (non-hydrogen) atoms. The number of rotatable bonds is 4. The SMILES string of the molecule is CCn1nccc1C(=O)N1CCc2nc(C3CCCN3C3CCC(C)CC3)[nH]c(=O)c2C1. The second kappa shape index (κ2) is 8.81. The zero-order valence-electron chi connectivity index (χ0n) is 19.2. The summed E-state index contributed by atoms with van der Waals surface area (Å²) in [5.74, 6) is 1.58. The first-order chi connectivity index (χ1) is 15.5. The summed E-state index contributed by atoms with van der Waals surface area (Å²) in [7, 11) is 0. The van der Waals surface area contributed by atoms with E-state index in [0.29, 0.717) is 43.4 Å². The predicted molar refractivity (Wildman–Crippen MR) is 121 cm³/mol. The van der Waals surface area contributed by atoms with Gasteiger partial charge in [0.25, 0.3) is 11.5 Å². The van der Waals surface area contributed by atoms with Crippen molar-refractivity contribution in [3.05, 3.63) is 45.4 Å². The number of hydrogen-bond donors (Lipinski definition) is 1. The molecule has 5 rings (SSSR count). The van der Waals surface area contributed by atoms with Crippen LogP contribution >= 0.6 is 0 Å². The number of fused-ring (bicyclic) bond motifs is 1. The standard InChI is InChI=1S/C24H34N6O2/c1-3-30-21(10-12-25-30)24(32)28-14-11-19-18(15-28)23(31)27-22(26-19)20-5-4-13-29(20)17-8-6-16(2)7-9-17/h10,12,16-17,20H,3-9,11,13-15H2,1-2H3,(H,26,27,31). The summed E-state index contributed by atoms with van der Waals surface area (Å²) >= 11 is 0. The molecule has 1 aliphatic carbocycles. The molecule has 8 nitrogen and oxygen atoms in total.